The molecule has 136 valence electrons. The second-order valence-corrected chi connectivity index (χ2v) is 5.94. The lowest BCUT2D eigenvalue weighted by Crippen LogP contribution is -2.31. The van der Waals surface area contributed by atoms with Crippen molar-refractivity contribution in [1.29, 1.82) is 0 Å². The monoisotopic (exact) mass is 348 g/mol. The number of benzene rings is 1. The van der Waals surface area contributed by atoms with E-state index in [-0.39, 0.29) is 17.7 Å². The molecule has 0 aliphatic carbocycles. The first-order valence-electron chi connectivity index (χ1n) is 8.24. The third-order valence-corrected chi connectivity index (χ3v) is 4.14. The summed E-state index contributed by atoms with van der Waals surface area (Å²) < 4.78 is 9.94. The Morgan fingerprint density at radius 3 is 2.36 bits per heavy atom. The highest BCUT2D eigenvalue weighted by Gasteiger charge is 2.35. The quantitative estimate of drug-likeness (QED) is 0.498. The maximum atomic E-state index is 12.5. The lowest BCUT2D eigenvalue weighted by atomic mass is 10.0. The molecule has 0 saturated carbocycles. The van der Waals surface area contributed by atoms with E-state index in [2.05, 4.69) is 0 Å². The maximum absolute atomic E-state index is 12.5. The number of methoxy groups -OCH3 is 2. The van der Waals surface area contributed by atoms with Gasteiger partial charge < -0.3 is 14.4 Å². The number of fused-ring (bicyclic) bond motifs is 1. The van der Waals surface area contributed by atoms with E-state index in [0.29, 0.717) is 49.4 Å². The smallest absolute Gasteiger partial charge is 0.261 e. The number of carbonyl (C=O) groups excluding carboxylic acids is 3. The van der Waals surface area contributed by atoms with Gasteiger partial charge in [-0.3, -0.25) is 19.3 Å². The van der Waals surface area contributed by atoms with E-state index in [1.54, 1.807) is 38.3 Å². The van der Waals surface area contributed by atoms with Crippen LogP contribution in [-0.4, -0.2) is 75.1 Å². The predicted octanol–water partition coefficient (Wildman–Crippen LogP) is 1.43. The molecule has 7 heteroatoms. The van der Waals surface area contributed by atoms with Crippen LogP contribution in [0.4, 0.5) is 0 Å². The molecule has 1 aliphatic rings. The summed E-state index contributed by atoms with van der Waals surface area (Å²) >= 11 is 0. The van der Waals surface area contributed by atoms with Crippen LogP contribution in [0.2, 0.25) is 0 Å². The molecule has 1 aromatic carbocycles. The SMILES string of the molecule is COCCCN(C)C(=O)c1ccc2c(c1)C(=O)N(CCCOC)C2=O. The standard InChI is InChI=1S/C18H24N2O5/c1-19(8-4-10-24-2)16(21)13-6-7-14-15(12-13)18(23)20(17(14)22)9-5-11-25-3/h6-7,12H,4-5,8-11H2,1-3H3. The molecule has 0 aromatic heterocycles. The lowest BCUT2D eigenvalue weighted by molar-refractivity contribution is 0.0638. The van der Waals surface area contributed by atoms with Crippen LogP contribution in [0.15, 0.2) is 18.2 Å². The van der Waals surface area contributed by atoms with Crippen molar-refractivity contribution in [3.05, 3.63) is 34.9 Å². The molecular formula is C18H24N2O5. The van der Waals surface area contributed by atoms with Gasteiger partial charge in [-0.05, 0) is 31.0 Å². The summed E-state index contributed by atoms with van der Waals surface area (Å²) in [6.45, 7) is 1.91. The van der Waals surface area contributed by atoms with Gasteiger partial charge >= 0.3 is 0 Å². The number of carbonyl (C=O) groups is 3. The normalized spacial score (nSPS) is 13.3. The number of ether oxygens (including phenoxy) is 2. The van der Waals surface area contributed by atoms with E-state index >= 15 is 0 Å². The Kier molecular flexibility index (Phi) is 6.66. The Morgan fingerprint density at radius 1 is 1.04 bits per heavy atom. The zero-order valence-corrected chi connectivity index (χ0v) is 14.9. The van der Waals surface area contributed by atoms with Crippen LogP contribution >= 0.6 is 0 Å². The van der Waals surface area contributed by atoms with E-state index in [0.717, 1.165) is 6.42 Å². The van der Waals surface area contributed by atoms with Crippen molar-refractivity contribution in [2.45, 2.75) is 12.8 Å². The number of amides is 3. The fourth-order valence-electron chi connectivity index (χ4n) is 2.76. The molecule has 0 N–H and O–H groups in total. The average Bonchev–Trinajstić information content (AvgIpc) is 2.85. The molecule has 0 spiro atoms. The summed E-state index contributed by atoms with van der Waals surface area (Å²) in [7, 11) is 4.89. The van der Waals surface area contributed by atoms with Gasteiger partial charge in [-0.2, -0.15) is 0 Å². The van der Waals surface area contributed by atoms with E-state index in [4.69, 9.17) is 9.47 Å². The Morgan fingerprint density at radius 2 is 1.68 bits per heavy atom. The Balaban J connectivity index is 2.11. The molecule has 7 nitrogen and oxygen atoms in total. The minimum Gasteiger partial charge on any atom is -0.385 e. The first-order valence-corrected chi connectivity index (χ1v) is 8.24. The van der Waals surface area contributed by atoms with Gasteiger partial charge in [0.25, 0.3) is 17.7 Å². The van der Waals surface area contributed by atoms with Crippen LogP contribution in [0.5, 0.6) is 0 Å². The zero-order valence-electron chi connectivity index (χ0n) is 14.9. The minimum absolute atomic E-state index is 0.183. The molecule has 0 bridgehead atoms. The molecule has 0 saturated heterocycles. The van der Waals surface area contributed by atoms with E-state index in [9.17, 15) is 14.4 Å². The third-order valence-electron chi connectivity index (χ3n) is 4.14. The molecule has 0 fully saturated rings. The van der Waals surface area contributed by atoms with Crippen molar-refractivity contribution in [3.63, 3.8) is 0 Å². The first kappa shape index (κ1) is 19.1. The number of hydrogen-bond acceptors (Lipinski definition) is 5. The molecule has 25 heavy (non-hydrogen) atoms. The second kappa shape index (κ2) is 8.73. The topological polar surface area (TPSA) is 76.2 Å². The summed E-state index contributed by atoms with van der Waals surface area (Å²) in [5, 5.41) is 0. The van der Waals surface area contributed by atoms with Gasteiger partial charge in [0.1, 0.15) is 0 Å². The molecule has 0 radical (unpaired) electrons. The summed E-state index contributed by atoms with van der Waals surface area (Å²) in [5.41, 5.74) is 1.04. The van der Waals surface area contributed by atoms with Gasteiger partial charge in [-0.15, -0.1) is 0 Å². The molecule has 1 heterocycles. The van der Waals surface area contributed by atoms with Gasteiger partial charge in [-0.1, -0.05) is 0 Å². The van der Waals surface area contributed by atoms with Crippen molar-refractivity contribution in [1.82, 2.24) is 9.80 Å². The lowest BCUT2D eigenvalue weighted by Gasteiger charge is -2.17. The number of rotatable bonds is 9. The van der Waals surface area contributed by atoms with Crippen molar-refractivity contribution in [2.75, 3.05) is 47.6 Å². The van der Waals surface area contributed by atoms with Crippen LogP contribution < -0.4 is 0 Å². The Hall–Kier alpha value is -2.25. The highest BCUT2D eigenvalue weighted by molar-refractivity contribution is 6.22. The number of hydrogen-bond donors (Lipinski definition) is 0. The molecule has 0 unspecified atom stereocenters. The van der Waals surface area contributed by atoms with Gasteiger partial charge in [-0.25, -0.2) is 0 Å². The Labute approximate surface area is 147 Å². The van der Waals surface area contributed by atoms with Crippen molar-refractivity contribution < 1.29 is 23.9 Å². The third kappa shape index (κ3) is 4.24. The van der Waals surface area contributed by atoms with Crippen molar-refractivity contribution in [2.24, 2.45) is 0 Å². The molecule has 3 amide bonds. The highest BCUT2D eigenvalue weighted by Crippen LogP contribution is 2.24. The minimum atomic E-state index is -0.354. The maximum Gasteiger partial charge on any atom is 0.261 e. The van der Waals surface area contributed by atoms with Crippen LogP contribution in [0, 0.1) is 0 Å². The summed E-state index contributed by atoms with van der Waals surface area (Å²) in [5.74, 6) is -0.853. The molecule has 1 aliphatic heterocycles. The van der Waals surface area contributed by atoms with Crippen molar-refractivity contribution in [3.8, 4) is 0 Å². The highest BCUT2D eigenvalue weighted by atomic mass is 16.5. The predicted molar refractivity (Wildman–Crippen MR) is 91.8 cm³/mol. The van der Waals surface area contributed by atoms with Crippen LogP contribution in [0.3, 0.4) is 0 Å². The van der Waals surface area contributed by atoms with Gasteiger partial charge in [0.2, 0.25) is 0 Å². The van der Waals surface area contributed by atoms with Crippen LogP contribution in [0.1, 0.15) is 43.9 Å². The fourth-order valence-corrected chi connectivity index (χ4v) is 2.76. The average molecular weight is 348 g/mol. The molecule has 2 rings (SSSR count). The van der Waals surface area contributed by atoms with E-state index in [1.807, 2.05) is 0 Å². The Bertz CT molecular complexity index is 659. The largest absolute Gasteiger partial charge is 0.385 e. The van der Waals surface area contributed by atoms with E-state index < -0.39 is 0 Å². The molecular weight excluding hydrogens is 324 g/mol. The second-order valence-electron chi connectivity index (χ2n) is 5.94. The van der Waals surface area contributed by atoms with Gasteiger partial charge in [0, 0.05) is 53.1 Å². The fraction of sp³-hybridized carbons (Fsp3) is 0.500. The molecule has 1 aromatic rings. The van der Waals surface area contributed by atoms with E-state index in [1.165, 1.54) is 11.0 Å². The summed E-state index contributed by atoms with van der Waals surface area (Å²) in [6.07, 6.45) is 1.31. The summed E-state index contributed by atoms with van der Waals surface area (Å²) in [6, 6.07) is 4.67. The number of nitrogens with zero attached hydrogens (tertiary/aromatic N) is 2. The summed E-state index contributed by atoms with van der Waals surface area (Å²) in [4.78, 5) is 40.1. The number of imide groups is 1. The van der Waals surface area contributed by atoms with Crippen LogP contribution in [0.25, 0.3) is 0 Å². The first-order chi connectivity index (χ1) is 12.0. The van der Waals surface area contributed by atoms with Crippen LogP contribution in [-0.2, 0) is 9.47 Å². The zero-order chi connectivity index (χ0) is 18.4. The molecule has 0 atom stereocenters. The van der Waals surface area contributed by atoms with Gasteiger partial charge in [0.15, 0.2) is 0 Å². The van der Waals surface area contributed by atoms with Crippen molar-refractivity contribution >= 4 is 17.7 Å². The van der Waals surface area contributed by atoms with Gasteiger partial charge in [0.05, 0.1) is 11.1 Å².